The topological polar surface area (TPSA) is 53.5 Å². The smallest absolute Gasteiger partial charge is 0.257 e. The van der Waals surface area contributed by atoms with Crippen LogP contribution in [0.2, 0.25) is 5.15 Å². The summed E-state index contributed by atoms with van der Waals surface area (Å²) >= 11 is 5.85. The number of carbonyl (C=O) groups excluding carboxylic acids is 2. The van der Waals surface area contributed by atoms with Crippen LogP contribution in [-0.4, -0.2) is 53.3 Å². The Morgan fingerprint density at radius 2 is 2.24 bits per heavy atom. The second kappa shape index (κ2) is 4.71. The van der Waals surface area contributed by atoms with Gasteiger partial charge in [0.15, 0.2) is 0 Å². The summed E-state index contributed by atoms with van der Waals surface area (Å²) in [7, 11) is 1.72. The monoisotopic (exact) mass is 253 g/mol. The Balaban J connectivity index is 2.16. The van der Waals surface area contributed by atoms with Gasteiger partial charge < -0.3 is 9.80 Å². The fourth-order valence-corrected chi connectivity index (χ4v) is 1.85. The van der Waals surface area contributed by atoms with Crippen LogP contribution in [-0.2, 0) is 4.79 Å². The number of carbonyl (C=O) groups is 2. The third-order valence-electron chi connectivity index (χ3n) is 2.73. The van der Waals surface area contributed by atoms with Crippen molar-refractivity contribution in [2.75, 3.05) is 26.7 Å². The van der Waals surface area contributed by atoms with Crippen LogP contribution in [0.15, 0.2) is 18.3 Å². The van der Waals surface area contributed by atoms with Crippen LogP contribution in [0.25, 0.3) is 0 Å². The number of rotatable bonds is 1. The number of nitrogens with zero attached hydrogens (tertiary/aromatic N) is 3. The molecule has 0 saturated carbocycles. The molecule has 90 valence electrons. The molecule has 0 aromatic carbocycles. The van der Waals surface area contributed by atoms with E-state index in [9.17, 15) is 9.59 Å². The number of halogens is 1. The quantitative estimate of drug-likeness (QED) is 0.691. The first-order valence-electron chi connectivity index (χ1n) is 5.23. The Bertz CT molecular complexity index is 464. The van der Waals surface area contributed by atoms with Gasteiger partial charge in [-0.25, -0.2) is 4.98 Å². The van der Waals surface area contributed by atoms with E-state index in [-0.39, 0.29) is 23.5 Å². The molecule has 1 aromatic heterocycles. The first-order chi connectivity index (χ1) is 8.09. The lowest BCUT2D eigenvalue weighted by Crippen LogP contribution is -2.50. The Kier molecular flexibility index (Phi) is 3.28. The van der Waals surface area contributed by atoms with Crippen molar-refractivity contribution >= 4 is 23.4 Å². The summed E-state index contributed by atoms with van der Waals surface area (Å²) in [6.07, 6.45) is 1.52. The van der Waals surface area contributed by atoms with Crippen LogP contribution in [0.3, 0.4) is 0 Å². The van der Waals surface area contributed by atoms with Gasteiger partial charge in [-0.15, -0.1) is 0 Å². The highest BCUT2D eigenvalue weighted by molar-refractivity contribution is 6.32. The maximum Gasteiger partial charge on any atom is 0.257 e. The Labute approximate surface area is 104 Å². The summed E-state index contributed by atoms with van der Waals surface area (Å²) < 4.78 is 0. The molecule has 1 fully saturated rings. The first-order valence-corrected chi connectivity index (χ1v) is 5.61. The molecule has 0 spiro atoms. The van der Waals surface area contributed by atoms with E-state index >= 15 is 0 Å². The Morgan fingerprint density at radius 3 is 2.88 bits per heavy atom. The average Bonchev–Trinajstić information content (AvgIpc) is 2.32. The van der Waals surface area contributed by atoms with Crippen LogP contribution in [0.1, 0.15) is 10.4 Å². The second-order valence-corrected chi connectivity index (χ2v) is 4.24. The number of hydrogen-bond acceptors (Lipinski definition) is 3. The molecular formula is C11H12ClN3O2. The summed E-state index contributed by atoms with van der Waals surface area (Å²) in [5.41, 5.74) is 0.339. The van der Waals surface area contributed by atoms with Crippen molar-refractivity contribution < 1.29 is 9.59 Å². The highest BCUT2D eigenvalue weighted by Crippen LogP contribution is 2.15. The molecule has 2 rings (SSSR count). The van der Waals surface area contributed by atoms with Gasteiger partial charge in [-0.05, 0) is 12.1 Å². The molecule has 0 N–H and O–H groups in total. The molecule has 2 amide bonds. The molecule has 1 aliphatic heterocycles. The van der Waals surface area contributed by atoms with Gasteiger partial charge in [0.1, 0.15) is 11.7 Å². The largest absolute Gasteiger partial charge is 0.342 e. The summed E-state index contributed by atoms with van der Waals surface area (Å²) in [6.45, 7) is 1.16. The molecule has 6 heteroatoms. The lowest BCUT2D eigenvalue weighted by atomic mass is 10.2. The van der Waals surface area contributed by atoms with E-state index in [0.717, 1.165) is 0 Å². The van der Waals surface area contributed by atoms with Crippen LogP contribution in [0.4, 0.5) is 0 Å². The highest BCUT2D eigenvalue weighted by Gasteiger charge is 2.26. The van der Waals surface area contributed by atoms with Crippen molar-refractivity contribution in [1.82, 2.24) is 14.8 Å². The highest BCUT2D eigenvalue weighted by atomic mass is 35.5. The van der Waals surface area contributed by atoms with Gasteiger partial charge in [-0.3, -0.25) is 9.59 Å². The van der Waals surface area contributed by atoms with Gasteiger partial charge in [-0.2, -0.15) is 0 Å². The van der Waals surface area contributed by atoms with Crippen LogP contribution in [0, 0.1) is 0 Å². The van der Waals surface area contributed by atoms with E-state index in [1.54, 1.807) is 24.1 Å². The second-order valence-electron chi connectivity index (χ2n) is 3.88. The molecular weight excluding hydrogens is 242 g/mol. The van der Waals surface area contributed by atoms with E-state index in [4.69, 9.17) is 11.6 Å². The summed E-state index contributed by atoms with van der Waals surface area (Å²) in [4.78, 5) is 30.6. The van der Waals surface area contributed by atoms with Gasteiger partial charge in [0.2, 0.25) is 5.91 Å². The normalized spacial score (nSPS) is 16.2. The van der Waals surface area contributed by atoms with Gasteiger partial charge >= 0.3 is 0 Å². The number of pyridine rings is 1. The van der Waals surface area contributed by atoms with E-state index < -0.39 is 0 Å². The SMILES string of the molecule is CN1CCN(C(=O)c2cccnc2Cl)CC1=O. The molecule has 0 atom stereocenters. The predicted molar refractivity (Wildman–Crippen MR) is 62.8 cm³/mol. The summed E-state index contributed by atoms with van der Waals surface area (Å²) in [6, 6.07) is 3.26. The lowest BCUT2D eigenvalue weighted by molar-refractivity contribution is -0.133. The molecule has 0 radical (unpaired) electrons. The Hall–Kier alpha value is -1.62. The molecule has 1 aliphatic rings. The molecule has 1 aromatic rings. The molecule has 17 heavy (non-hydrogen) atoms. The van der Waals surface area contributed by atoms with Gasteiger partial charge in [0.05, 0.1) is 5.56 Å². The molecule has 0 unspecified atom stereocenters. The minimum absolute atomic E-state index is 0.0652. The van der Waals surface area contributed by atoms with Gasteiger partial charge in [-0.1, -0.05) is 11.6 Å². The van der Waals surface area contributed by atoms with Crippen molar-refractivity contribution in [2.24, 2.45) is 0 Å². The predicted octanol–water partition coefficient (Wildman–Crippen LogP) is 0.649. The van der Waals surface area contributed by atoms with E-state index in [1.165, 1.54) is 11.1 Å². The van der Waals surface area contributed by atoms with Crippen molar-refractivity contribution in [3.63, 3.8) is 0 Å². The van der Waals surface area contributed by atoms with Gasteiger partial charge in [0.25, 0.3) is 5.91 Å². The maximum absolute atomic E-state index is 12.1. The molecule has 2 heterocycles. The third-order valence-corrected chi connectivity index (χ3v) is 3.04. The van der Waals surface area contributed by atoms with E-state index in [2.05, 4.69) is 4.98 Å². The average molecular weight is 254 g/mol. The third kappa shape index (κ3) is 2.39. The van der Waals surface area contributed by atoms with Crippen molar-refractivity contribution in [3.8, 4) is 0 Å². The summed E-state index contributed by atoms with van der Waals surface area (Å²) in [5.74, 6) is -0.311. The molecule has 1 saturated heterocycles. The number of piperazine rings is 1. The minimum atomic E-state index is -0.246. The van der Waals surface area contributed by atoms with Crippen LogP contribution in [0.5, 0.6) is 0 Å². The van der Waals surface area contributed by atoms with Crippen molar-refractivity contribution in [1.29, 1.82) is 0 Å². The zero-order valence-corrected chi connectivity index (χ0v) is 10.1. The fraction of sp³-hybridized carbons (Fsp3) is 0.364. The van der Waals surface area contributed by atoms with Crippen molar-refractivity contribution in [3.05, 3.63) is 29.0 Å². The number of hydrogen-bond donors (Lipinski definition) is 0. The summed E-state index contributed by atoms with van der Waals surface area (Å²) in [5, 5.41) is 0.170. The van der Waals surface area contributed by atoms with Gasteiger partial charge in [0, 0.05) is 26.3 Å². The maximum atomic E-state index is 12.1. The minimum Gasteiger partial charge on any atom is -0.342 e. The standard InChI is InChI=1S/C11H12ClN3O2/c1-14-5-6-15(7-9(14)16)11(17)8-3-2-4-13-10(8)12/h2-4H,5-7H2,1H3. The van der Waals surface area contributed by atoms with Crippen molar-refractivity contribution in [2.45, 2.75) is 0 Å². The Morgan fingerprint density at radius 1 is 1.47 bits per heavy atom. The van der Waals surface area contributed by atoms with Crippen LogP contribution < -0.4 is 0 Å². The zero-order chi connectivity index (χ0) is 12.4. The van der Waals surface area contributed by atoms with E-state index in [0.29, 0.717) is 18.7 Å². The molecule has 0 bridgehead atoms. The van der Waals surface area contributed by atoms with E-state index in [1.807, 2.05) is 0 Å². The fourth-order valence-electron chi connectivity index (χ4n) is 1.65. The lowest BCUT2D eigenvalue weighted by Gasteiger charge is -2.32. The first kappa shape index (κ1) is 11.9. The molecule has 5 nitrogen and oxygen atoms in total. The number of likely N-dealkylation sites (N-methyl/N-ethyl adjacent to an activating group) is 1. The zero-order valence-electron chi connectivity index (χ0n) is 9.39. The number of amides is 2. The number of aromatic nitrogens is 1. The van der Waals surface area contributed by atoms with Crippen LogP contribution >= 0.6 is 11.6 Å². The molecule has 0 aliphatic carbocycles.